The number of hydrogen-bond donors (Lipinski definition) is 0. The van der Waals surface area contributed by atoms with Gasteiger partial charge in [-0.05, 0) is 41.2 Å². The Hall–Kier alpha value is -1.82. The molecule has 0 atom stereocenters. The van der Waals surface area contributed by atoms with Crippen LogP contribution in [0.25, 0.3) is 17.2 Å². The number of rotatable bonds is 1. The molecule has 1 aliphatic carbocycles. The molecule has 16 heavy (non-hydrogen) atoms. The fourth-order valence-corrected chi connectivity index (χ4v) is 2.31. The molecule has 0 aromatic heterocycles. The third kappa shape index (κ3) is 1.57. The molecule has 0 bridgehead atoms. The second-order valence-electron chi connectivity index (χ2n) is 4.10. The number of benzene rings is 2. The van der Waals surface area contributed by atoms with Gasteiger partial charge in [0.1, 0.15) is 0 Å². The van der Waals surface area contributed by atoms with Crippen LogP contribution < -0.4 is 0 Å². The summed E-state index contributed by atoms with van der Waals surface area (Å²) in [5, 5.41) is 0. The van der Waals surface area contributed by atoms with Crippen LogP contribution in [0, 0.1) is 6.07 Å². The van der Waals surface area contributed by atoms with Gasteiger partial charge in [0.2, 0.25) is 0 Å². The quantitative estimate of drug-likeness (QED) is 0.657. The molecule has 0 nitrogen and oxygen atoms in total. The first-order valence-electron chi connectivity index (χ1n) is 5.70. The van der Waals surface area contributed by atoms with Crippen LogP contribution in [-0.4, -0.2) is 0 Å². The molecule has 3 rings (SSSR count). The first kappa shape index (κ1) is 9.41. The Morgan fingerprint density at radius 1 is 1.00 bits per heavy atom. The monoisotopic (exact) mass is 205 g/mol. The van der Waals surface area contributed by atoms with Gasteiger partial charge in [0.25, 0.3) is 0 Å². The molecule has 0 amide bonds. The van der Waals surface area contributed by atoms with E-state index in [9.17, 15) is 0 Å². The largest absolute Gasteiger partial charge is 0.0836 e. The summed E-state index contributed by atoms with van der Waals surface area (Å²) in [5.74, 6) is 0. The topological polar surface area (TPSA) is 0 Å². The average Bonchev–Trinajstić information content (AvgIpc) is 2.39. The van der Waals surface area contributed by atoms with Crippen molar-refractivity contribution in [3.05, 3.63) is 65.7 Å². The van der Waals surface area contributed by atoms with Gasteiger partial charge >= 0.3 is 0 Å². The molecule has 0 saturated carbocycles. The lowest BCUT2D eigenvalue weighted by atomic mass is 9.89. The minimum atomic E-state index is 1.15. The zero-order valence-electron chi connectivity index (χ0n) is 9.11. The maximum atomic E-state index is 3.07. The van der Waals surface area contributed by atoms with E-state index in [1.807, 2.05) is 12.1 Å². The molecule has 2 aromatic rings. The van der Waals surface area contributed by atoms with Gasteiger partial charge in [-0.1, -0.05) is 54.6 Å². The van der Waals surface area contributed by atoms with E-state index < -0.39 is 0 Å². The van der Waals surface area contributed by atoms with Crippen LogP contribution in [0.1, 0.15) is 17.5 Å². The average molecular weight is 205 g/mol. The minimum Gasteiger partial charge on any atom is -0.0836 e. The van der Waals surface area contributed by atoms with Crippen LogP contribution in [-0.2, 0) is 6.42 Å². The van der Waals surface area contributed by atoms with Crippen molar-refractivity contribution in [1.82, 2.24) is 0 Å². The zero-order valence-corrected chi connectivity index (χ0v) is 9.11. The smallest absolute Gasteiger partial charge is 0.0146 e. The van der Waals surface area contributed by atoms with Crippen molar-refractivity contribution in [1.29, 1.82) is 0 Å². The summed E-state index contributed by atoms with van der Waals surface area (Å²) in [6, 6.07) is 17.8. The fourth-order valence-electron chi connectivity index (χ4n) is 2.31. The summed E-state index contributed by atoms with van der Waals surface area (Å²) in [6.07, 6.45) is 6.80. The molecular formula is C16H13. The molecule has 0 fully saturated rings. The van der Waals surface area contributed by atoms with E-state index in [0.29, 0.717) is 0 Å². The first-order valence-corrected chi connectivity index (χ1v) is 5.70. The molecule has 0 heterocycles. The van der Waals surface area contributed by atoms with Crippen molar-refractivity contribution in [2.75, 3.05) is 0 Å². The lowest BCUT2D eigenvalue weighted by Crippen LogP contribution is -1.96. The van der Waals surface area contributed by atoms with E-state index in [4.69, 9.17) is 0 Å². The van der Waals surface area contributed by atoms with E-state index in [-0.39, 0.29) is 0 Å². The number of fused-ring (bicyclic) bond motifs is 1. The van der Waals surface area contributed by atoms with Gasteiger partial charge in [0.15, 0.2) is 0 Å². The Morgan fingerprint density at radius 3 is 2.75 bits per heavy atom. The maximum Gasteiger partial charge on any atom is -0.0146 e. The standard InChI is InChI=1S/C16H13/c1-2-7-13(8-3-1)16-12-6-10-14-9-4-5-11-15(14)16/h2-4,6-10,12H,5,11H2. The van der Waals surface area contributed by atoms with Crippen LogP contribution >= 0.6 is 0 Å². The Bertz CT molecular complexity index is 521. The predicted octanol–water partition coefficient (Wildman–Crippen LogP) is 4.11. The third-order valence-electron chi connectivity index (χ3n) is 3.10. The number of allylic oxidation sites excluding steroid dienone is 1. The van der Waals surface area contributed by atoms with Crippen LogP contribution in [0.4, 0.5) is 0 Å². The van der Waals surface area contributed by atoms with Gasteiger partial charge in [-0.25, -0.2) is 0 Å². The summed E-state index contributed by atoms with van der Waals surface area (Å²) in [7, 11) is 0. The Labute approximate surface area is 96.3 Å². The van der Waals surface area contributed by atoms with Crippen molar-refractivity contribution < 1.29 is 0 Å². The van der Waals surface area contributed by atoms with Crippen molar-refractivity contribution in [2.24, 2.45) is 0 Å². The molecule has 0 spiro atoms. The summed E-state index contributed by atoms with van der Waals surface area (Å²) >= 11 is 0. The maximum absolute atomic E-state index is 3.07. The molecule has 1 radical (unpaired) electrons. The highest BCUT2D eigenvalue weighted by molar-refractivity contribution is 5.73. The molecule has 77 valence electrons. The summed E-state index contributed by atoms with van der Waals surface area (Å²) in [4.78, 5) is 0. The van der Waals surface area contributed by atoms with Crippen LogP contribution in [0.2, 0.25) is 0 Å². The molecule has 0 unspecified atom stereocenters. The molecular weight excluding hydrogens is 192 g/mol. The Morgan fingerprint density at radius 2 is 1.88 bits per heavy atom. The van der Waals surface area contributed by atoms with Crippen molar-refractivity contribution >= 4 is 6.08 Å². The fraction of sp³-hybridized carbons (Fsp3) is 0.125. The second kappa shape index (κ2) is 3.97. The molecule has 0 N–H and O–H groups in total. The van der Waals surface area contributed by atoms with E-state index in [2.05, 4.69) is 48.6 Å². The molecule has 0 heteroatoms. The molecule has 0 aliphatic heterocycles. The third-order valence-corrected chi connectivity index (χ3v) is 3.10. The van der Waals surface area contributed by atoms with E-state index in [0.717, 1.165) is 12.8 Å². The molecule has 0 saturated heterocycles. The zero-order chi connectivity index (χ0) is 10.8. The van der Waals surface area contributed by atoms with Gasteiger partial charge in [0, 0.05) is 0 Å². The molecule has 1 aliphatic rings. The Balaban J connectivity index is 2.19. The van der Waals surface area contributed by atoms with Gasteiger partial charge in [-0.3, -0.25) is 0 Å². The summed E-state index contributed by atoms with van der Waals surface area (Å²) in [6.45, 7) is 0. The van der Waals surface area contributed by atoms with Gasteiger partial charge in [-0.15, -0.1) is 0 Å². The lowest BCUT2D eigenvalue weighted by Gasteiger charge is -2.15. The highest BCUT2D eigenvalue weighted by Gasteiger charge is 2.09. The van der Waals surface area contributed by atoms with Crippen molar-refractivity contribution in [3.63, 3.8) is 0 Å². The van der Waals surface area contributed by atoms with Gasteiger partial charge in [0.05, 0.1) is 0 Å². The van der Waals surface area contributed by atoms with Crippen LogP contribution in [0.5, 0.6) is 0 Å². The van der Waals surface area contributed by atoms with Gasteiger partial charge < -0.3 is 0 Å². The normalized spacial score (nSPS) is 13.5. The molecule has 2 aromatic carbocycles. The number of hydrogen-bond acceptors (Lipinski definition) is 0. The van der Waals surface area contributed by atoms with E-state index in [1.54, 1.807) is 0 Å². The van der Waals surface area contributed by atoms with Gasteiger partial charge in [-0.2, -0.15) is 0 Å². The van der Waals surface area contributed by atoms with E-state index in [1.165, 1.54) is 22.3 Å². The second-order valence-corrected chi connectivity index (χ2v) is 4.10. The van der Waals surface area contributed by atoms with Crippen molar-refractivity contribution in [3.8, 4) is 11.1 Å². The Kier molecular flexibility index (Phi) is 2.34. The summed E-state index contributed by atoms with van der Waals surface area (Å²) < 4.78 is 0. The summed E-state index contributed by atoms with van der Waals surface area (Å²) in [5.41, 5.74) is 5.52. The van der Waals surface area contributed by atoms with Crippen LogP contribution in [0.3, 0.4) is 0 Å². The van der Waals surface area contributed by atoms with Crippen LogP contribution in [0.15, 0.2) is 48.5 Å². The first-order chi connectivity index (χ1) is 7.95. The van der Waals surface area contributed by atoms with Crippen molar-refractivity contribution in [2.45, 2.75) is 12.8 Å². The highest BCUT2D eigenvalue weighted by atomic mass is 14.1. The predicted molar refractivity (Wildman–Crippen MR) is 68.1 cm³/mol. The lowest BCUT2D eigenvalue weighted by molar-refractivity contribution is 0.988. The minimum absolute atomic E-state index is 1.15. The highest BCUT2D eigenvalue weighted by Crippen LogP contribution is 2.30. The SMILES string of the molecule is [c]1ccc(-c2cccc3c2CCC=C3)cc1. The van der Waals surface area contributed by atoms with E-state index >= 15 is 0 Å².